The van der Waals surface area contributed by atoms with Gasteiger partial charge < -0.3 is 10.6 Å². The van der Waals surface area contributed by atoms with Gasteiger partial charge in [-0.15, -0.1) is 0 Å². The maximum atomic E-state index is 11.5. The lowest BCUT2D eigenvalue weighted by Crippen LogP contribution is -2.43. The summed E-state index contributed by atoms with van der Waals surface area (Å²) >= 11 is 0. The van der Waals surface area contributed by atoms with Crippen LogP contribution in [0.25, 0.3) is 17.0 Å². The number of aromatic nitrogens is 1. The van der Waals surface area contributed by atoms with Gasteiger partial charge in [0.2, 0.25) is 0 Å². The Morgan fingerprint density at radius 2 is 1.95 bits per heavy atom. The minimum Gasteiger partial charge on any atom is -0.332 e. The molecule has 2 amide bonds. The molecule has 20 heavy (non-hydrogen) atoms. The van der Waals surface area contributed by atoms with Crippen molar-refractivity contribution in [2.45, 2.75) is 13.0 Å². The fourth-order valence-electron chi connectivity index (χ4n) is 2.25. The third kappa shape index (κ3) is 2.54. The average molecular weight is 265 g/mol. The molecule has 2 aromatic rings. The SMILES string of the molecule is CC1C=C(c2cccc(-c3ccccn3)c2)NC(=O)N1. The summed E-state index contributed by atoms with van der Waals surface area (Å²) in [4.78, 5) is 15.9. The molecule has 1 unspecified atom stereocenters. The monoisotopic (exact) mass is 265 g/mol. The molecular formula is C16H15N3O. The molecule has 2 heterocycles. The van der Waals surface area contributed by atoms with Gasteiger partial charge in [-0.3, -0.25) is 4.98 Å². The van der Waals surface area contributed by atoms with Gasteiger partial charge in [0.25, 0.3) is 0 Å². The Balaban J connectivity index is 1.98. The lowest BCUT2D eigenvalue weighted by atomic mass is 10.0. The molecule has 1 aliphatic rings. The highest BCUT2D eigenvalue weighted by Crippen LogP contribution is 2.22. The molecule has 1 aromatic heterocycles. The number of rotatable bonds is 2. The first-order valence-electron chi connectivity index (χ1n) is 6.53. The van der Waals surface area contributed by atoms with E-state index in [2.05, 4.69) is 15.6 Å². The summed E-state index contributed by atoms with van der Waals surface area (Å²) in [6.07, 6.45) is 3.77. The molecule has 100 valence electrons. The van der Waals surface area contributed by atoms with Gasteiger partial charge in [0, 0.05) is 23.5 Å². The summed E-state index contributed by atoms with van der Waals surface area (Å²) in [5.74, 6) is 0. The second-order valence-corrected chi connectivity index (χ2v) is 4.76. The van der Waals surface area contributed by atoms with Crippen molar-refractivity contribution in [1.82, 2.24) is 15.6 Å². The highest BCUT2D eigenvalue weighted by Gasteiger charge is 2.15. The van der Waals surface area contributed by atoms with Gasteiger partial charge in [0.05, 0.1) is 5.69 Å². The first-order chi connectivity index (χ1) is 9.72. The molecule has 0 spiro atoms. The molecule has 0 saturated heterocycles. The van der Waals surface area contributed by atoms with E-state index < -0.39 is 0 Å². The molecule has 3 rings (SSSR count). The number of hydrogen-bond donors (Lipinski definition) is 2. The summed E-state index contributed by atoms with van der Waals surface area (Å²) < 4.78 is 0. The highest BCUT2D eigenvalue weighted by atomic mass is 16.2. The van der Waals surface area contributed by atoms with Crippen LogP contribution in [0.5, 0.6) is 0 Å². The minimum absolute atomic E-state index is 0.0252. The van der Waals surface area contributed by atoms with E-state index in [1.807, 2.05) is 55.5 Å². The van der Waals surface area contributed by atoms with E-state index >= 15 is 0 Å². The zero-order chi connectivity index (χ0) is 13.9. The molecule has 0 saturated carbocycles. The zero-order valence-corrected chi connectivity index (χ0v) is 11.1. The molecule has 4 nitrogen and oxygen atoms in total. The van der Waals surface area contributed by atoms with E-state index in [1.165, 1.54) is 0 Å². The zero-order valence-electron chi connectivity index (χ0n) is 11.1. The molecule has 2 N–H and O–H groups in total. The lowest BCUT2D eigenvalue weighted by Gasteiger charge is -2.21. The van der Waals surface area contributed by atoms with Crippen LogP contribution in [0.1, 0.15) is 12.5 Å². The van der Waals surface area contributed by atoms with E-state index in [0.29, 0.717) is 0 Å². The van der Waals surface area contributed by atoms with Crippen LogP contribution in [0, 0.1) is 0 Å². The van der Waals surface area contributed by atoms with Crippen molar-refractivity contribution >= 4 is 11.7 Å². The van der Waals surface area contributed by atoms with Gasteiger partial charge in [0.1, 0.15) is 0 Å². The van der Waals surface area contributed by atoms with Gasteiger partial charge >= 0.3 is 6.03 Å². The van der Waals surface area contributed by atoms with E-state index in [1.54, 1.807) is 6.20 Å². The summed E-state index contributed by atoms with van der Waals surface area (Å²) in [6.45, 7) is 1.95. The van der Waals surface area contributed by atoms with Gasteiger partial charge in [0.15, 0.2) is 0 Å². The maximum Gasteiger partial charge on any atom is 0.319 e. The molecule has 0 aliphatic carbocycles. The number of nitrogens with one attached hydrogen (secondary N) is 2. The lowest BCUT2D eigenvalue weighted by molar-refractivity contribution is 0.242. The number of urea groups is 1. The largest absolute Gasteiger partial charge is 0.332 e. The van der Waals surface area contributed by atoms with Crippen LogP contribution in [0.4, 0.5) is 4.79 Å². The smallest absolute Gasteiger partial charge is 0.319 e. The highest BCUT2D eigenvalue weighted by molar-refractivity contribution is 5.88. The molecule has 0 radical (unpaired) electrons. The van der Waals surface area contributed by atoms with Crippen molar-refractivity contribution in [3.05, 3.63) is 60.3 Å². The van der Waals surface area contributed by atoms with E-state index in [-0.39, 0.29) is 12.1 Å². The number of carbonyl (C=O) groups excluding carboxylic acids is 1. The van der Waals surface area contributed by atoms with Crippen LogP contribution >= 0.6 is 0 Å². The maximum absolute atomic E-state index is 11.5. The van der Waals surface area contributed by atoms with Crippen LogP contribution in [-0.4, -0.2) is 17.1 Å². The normalized spacial score (nSPS) is 17.9. The Labute approximate surface area is 117 Å². The summed E-state index contributed by atoms with van der Waals surface area (Å²) in [5, 5.41) is 5.62. The first-order valence-corrected chi connectivity index (χ1v) is 6.53. The first kappa shape index (κ1) is 12.4. The average Bonchev–Trinajstić information content (AvgIpc) is 2.47. The Morgan fingerprint density at radius 1 is 1.10 bits per heavy atom. The second-order valence-electron chi connectivity index (χ2n) is 4.76. The third-order valence-electron chi connectivity index (χ3n) is 3.16. The summed E-state index contributed by atoms with van der Waals surface area (Å²) in [6, 6.07) is 13.7. The van der Waals surface area contributed by atoms with Crippen LogP contribution < -0.4 is 10.6 Å². The quantitative estimate of drug-likeness (QED) is 0.877. The molecule has 0 bridgehead atoms. The van der Waals surface area contributed by atoms with Gasteiger partial charge in [-0.25, -0.2) is 4.79 Å². The fraction of sp³-hybridized carbons (Fsp3) is 0.125. The number of nitrogens with zero attached hydrogens (tertiary/aromatic N) is 1. The topological polar surface area (TPSA) is 54.0 Å². The Morgan fingerprint density at radius 3 is 2.70 bits per heavy atom. The summed E-state index contributed by atoms with van der Waals surface area (Å²) in [7, 11) is 0. The Hall–Kier alpha value is -2.62. The van der Waals surface area contributed by atoms with Crippen LogP contribution in [0.2, 0.25) is 0 Å². The number of carbonyl (C=O) groups is 1. The second kappa shape index (κ2) is 5.17. The van der Waals surface area contributed by atoms with Gasteiger partial charge in [-0.1, -0.05) is 24.3 Å². The van der Waals surface area contributed by atoms with E-state index in [4.69, 9.17) is 0 Å². The van der Waals surface area contributed by atoms with E-state index in [9.17, 15) is 4.79 Å². The third-order valence-corrected chi connectivity index (χ3v) is 3.16. The summed E-state index contributed by atoms with van der Waals surface area (Å²) in [5.41, 5.74) is 3.77. The molecule has 1 aliphatic heterocycles. The number of benzene rings is 1. The van der Waals surface area contributed by atoms with Crippen LogP contribution in [0.15, 0.2) is 54.7 Å². The van der Waals surface area contributed by atoms with Crippen molar-refractivity contribution in [2.75, 3.05) is 0 Å². The molecule has 4 heteroatoms. The van der Waals surface area contributed by atoms with E-state index in [0.717, 1.165) is 22.5 Å². The fourth-order valence-corrected chi connectivity index (χ4v) is 2.25. The van der Waals surface area contributed by atoms with Crippen molar-refractivity contribution < 1.29 is 4.79 Å². The number of hydrogen-bond acceptors (Lipinski definition) is 2. The van der Waals surface area contributed by atoms with Crippen molar-refractivity contribution in [2.24, 2.45) is 0 Å². The number of amides is 2. The standard InChI is InChI=1S/C16H15N3O/c1-11-9-15(19-16(20)18-11)13-6-4-5-12(10-13)14-7-2-3-8-17-14/h2-11H,1H3,(H2,18,19,20). The van der Waals surface area contributed by atoms with Gasteiger partial charge in [-0.05, 0) is 36.8 Å². The van der Waals surface area contributed by atoms with Crippen LogP contribution in [0.3, 0.4) is 0 Å². The molecule has 1 atom stereocenters. The Bertz CT molecular complexity index is 664. The van der Waals surface area contributed by atoms with Crippen molar-refractivity contribution in [3.8, 4) is 11.3 Å². The Kier molecular flexibility index (Phi) is 3.21. The number of pyridine rings is 1. The minimum atomic E-state index is -0.168. The molecular weight excluding hydrogens is 250 g/mol. The van der Waals surface area contributed by atoms with Crippen molar-refractivity contribution in [1.29, 1.82) is 0 Å². The molecule has 0 fully saturated rings. The predicted molar refractivity (Wildman–Crippen MR) is 78.8 cm³/mol. The van der Waals surface area contributed by atoms with Crippen molar-refractivity contribution in [3.63, 3.8) is 0 Å². The van der Waals surface area contributed by atoms with Crippen LogP contribution in [-0.2, 0) is 0 Å². The molecule has 1 aromatic carbocycles. The predicted octanol–water partition coefficient (Wildman–Crippen LogP) is 2.79. The van der Waals surface area contributed by atoms with Gasteiger partial charge in [-0.2, -0.15) is 0 Å².